The molecule has 1 unspecified atom stereocenters. The number of nitrogens with zero attached hydrogens (tertiary/aromatic N) is 3. The number of amides is 1. The molecule has 0 saturated carbocycles. The number of benzene rings is 1. The highest BCUT2D eigenvalue weighted by atomic mass is 16.1. The number of carbonyl (C=O) groups excluding carboxylic acids is 1. The zero-order chi connectivity index (χ0) is 18.9. The third-order valence-electron chi connectivity index (χ3n) is 5.35. The van der Waals surface area contributed by atoms with Gasteiger partial charge in [-0.15, -0.1) is 0 Å². The number of rotatable bonds is 5. The fourth-order valence-corrected chi connectivity index (χ4v) is 3.81. The molecule has 1 saturated heterocycles. The van der Waals surface area contributed by atoms with E-state index in [4.69, 9.17) is 5.73 Å². The lowest BCUT2D eigenvalue weighted by molar-refractivity contribution is 0.0935. The van der Waals surface area contributed by atoms with Gasteiger partial charge in [0, 0.05) is 31.5 Å². The summed E-state index contributed by atoms with van der Waals surface area (Å²) in [7, 11) is 0. The van der Waals surface area contributed by atoms with Crippen LogP contribution in [0.2, 0.25) is 0 Å². The van der Waals surface area contributed by atoms with Crippen molar-refractivity contribution >= 4 is 17.1 Å². The van der Waals surface area contributed by atoms with Crippen LogP contribution in [0.4, 0.5) is 5.69 Å². The zero-order valence-corrected chi connectivity index (χ0v) is 15.6. The summed E-state index contributed by atoms with van der Waals surface area (Å²) in [5, 5.41) is 7.33. The van der Waals surface area contributed by atoms with E-state index in [1.165, 1.54) is 5.56 Å². The van der Waals surface area contributed by atoms with Crippen molar-refractivity contribution in [1.29, 1.82) is 0 Å². The lowest BCUT2D eigenvalue weighted by Crippen LogP contribution is -2.37. The van der Waals surface area contributed by atoms with Crippen molar-refractivity contribution in [2.45, 2.75) is 19.9 Å². The first-order chi connectivity index (χ1) is 13.0. The van der Waals surface area contributed by atoms with Gasteiger partial charge in [-0.1, -0.05) is 37.3 Å². The normalized spacial score (nSPS) is 20.2. The first-order valence-electron chi connectivity index (χ1n) is 9.30. The molecule has 3 heterocycles. The molecule has 1 aliphatic heterocycles. The number of hydrogen-bond acceptors (Lipinski definition) is 4. The number of nitrogen functional groups attached to an aromatic ring is 1. The van der Waals surface area contributed by atoms with Gasteiger partial charge in [0.1, 0.15) is 0 Å². The van der Waals surface area contributed by atoms with E-state index in [-0.39, 0.29) is 11.3 Å². The van der Waals surface area contributed by atoms with E-state index >= 15 is 0 Å². The summed E-state index contributed by atoms with van der Waals surface area (Å²) >= 11 is 0. The Kier molecular flexibility index (Phi) is 4.58. The minimum atomic E-state index is -0.0988. The maximum Gasteiger partial charge on any atom is 0.255 e. The van der Waals surface area contributed by atoms with Crippen LogP contribution in [-0.2, 0) is 6.54 Å². The number of fused-ring (bicyclic) bond motifs is 1. The molecule has 4 rings (SSSR count). The van der Waals surface area contributed by atoms with Crippen LogP contribution < -0.4 is 11.1 Å². The molecule has 2 aromatic heterocycles. The third kappa shape index (κ3) is 3.80. The van der Waals surface area contributed by atoms with E-state index in [0.717, 1.165) is 31.6 Å². The Balaban J connectivity index is 1.38. The predicted octanol–water partition coefficient (Wildman–Crippen LogP) is 2.56. The molecule has 1 fully saturated rings. The first kappa shape index (κ1) is 17.5. The highest BCUT2D eigenvalue weighted by Gasteiger charge is 2.34. The summed E-state index contributed by atoms with van der Waals surface area (Å²) < 4.78 is 1.67. The smallest absolute Gasteiger partial charge is 0.255 e. The lowest BCUT2D eigenvalue weighted by atomic mass is 9.90. The number of likely N-dealkylation sites (tertiary alicyclic amines) is 1. The lowest BCUT2D eigenvalue weighted by Gasteiger charge is -2.25. The van der Waals surface area contributed by atoms with Gasteiger partial charge in [0.2, 0.25) is 0 Å². The van der Waals surface area contributed by atoms with Gasteiger partial charge in [0.15, 0.2) is 0 Å². The molecule has 1 amide bonds. The van der Waals surface area contributed by atoms with E-state index in [9.17, 15) is 4.79 Å². The van der Waals surface area contributed by atoms with Gasteiger partial charge in [0.25, 0.3) is 5.91 Å². The quantitative estimate of drug-likeness (QED) is 0.730. The molecule has 1 aliphatic rings. The molecular formula is C21H25N5O. The summed E-state index contributed by atoms with van der Waals surface area (Å²) in [5.41, 5.74) is 9.16. The number of anilines is 1. The second-order valence-electron chi connectivity index (χ2n) is 7.79. The molecule has 0 aliphatic carbocycles. The first-order valence-corrected chi connectivity index (χ1v) is 9.30. The van der Waals surface area contributed by atoms with E-state index < -0.39 is 0 Å². The van der Waals surface area contributed by atoms with Crippen LogP contribution >= 0.6 is 0 Å². The van der Waals surface area contributed by atoms with E-state index in [1.807, 2.05) is 6.07 Å². The van der Waals surface area contributed by atoms with Crippen LogP contribution in [0.25, 0.3) is 5.52 Å². The fourth-order valence-electron chi connectivity index (χ4n) is 3.81. The number of pyridine rings is 1. The Bertz CT molecular complexity index is 952. The monoisotopic (exact) mass is 363 g/mol. The molecule has 1 atom stereocenters. The average Bonchev–Trinajstić information content (AvgIpc) is 3.24. The van der Waals surface area contributed by atoms with E-state index in [1.54, 1.807) is 29.0 Å². The van der Waals surface area contributed by atoms with Crippen LogP contribution in [0.15, 0.2) is 54.9 Å². The predicted molar refractivity (Wildman–Crippen MR) is 106 cm³/mol. The second-order valence-corrected chi connectivity index (χ2v) is 7.79. The summed E-state index contributed by atoms with van der Waals surface area (Å²) in [5.74, 6) is -0.0988. The van der Waals surface area contributed by atoms with Gasteiger partial charge in [-0.25, -0.2) is 4.52 Å². The van der Waals surface area contributed by atoms with Crippen molar-refractivity contribution in [1.82, 2.24) is 19.8 Å². The Hall–Kier alpha value is -2.86. The summed E-state index contributed by atoms with van der Waals surface area (Å²) in [6.45, 7) is 5.87. The maximum atomic E-state index is 12.7. The maximum absolute atomic E-state index is 12.7. The highest BCUT2D eigenvalue weighted by Crippen LogP contribution is 2.30. The van der Waals surface area contributed by atoms with Crippen LogP contribution in [0, 0.1) is 5.41 Å². The Morgan fingerprint density at radius 2 is 2.11 bits per heavy atom. The minimum Gasteiger partial charge on any atom is -0.399 e. The van der Waals surface area contributed by atoms with Crippen molar-refractivity contribution in [3.63, 3.8) is 0 Å². The van der Waals surface area contributed by atoms with Gasteiger partial charge in [-0.2, -0.15) is 5.10 Å². The Morgan fingerprint density at radius 3 is 2.93 bits per heavy atom. The highest BCUT2D eigenvalue weighted by molar-refractivity contribution is 6.00. The molecule has 140 valence electrons. The van der Waals surface area contributed by atoms with Crippen LogP contribution in [0.1, 0.15) is 29.3 Å². The number of nitrogens with two attached hydrogens (primary N) is 1. The number of carbonyl (C=O) groups is 1. The van der Waals surface area contributed by atoms with Crippen molar-refractivity contribution in [3.8, 4) is 0 Å². The molecule has 3 N–H and O–H groups in total. The van der Waals surface area contributed by atoms with Crippen LogP contribution in [-0.4, -0.2) is 40.1 Å². The zero-order valence-electron chi connectivity index (χ0n) is 15.6. The average molecular weight is 363 g/mol. The van der Waals surface area contributed by atoms with Crippen molar-refractivity contribution in [2.24, 2.45) is 5.41 Å². The molecule has 0 spiro atoms. The molecule has 0 bridgehead atoms. The largest absolute Gasteiger partial charge is 0.399 e. The number of hydrogen-bond donors (Lipinski definition) is 2. The number of aromatic nitrogens is 2. The topological polar surface area (TPSA) is 75.7 Å². The van der Waals surface area contributed by atoms with Gasteiger partial charge in [0.05, 0.1) is 17.3 Å². The molecule has 6 heteroatoms. The summed E-state index contributed by atoms with van der Waals surface area (Å²) in [4.78, 5) is 15.1. The molecule has 6 nitrogen and oxygen atoms in total. The molecular weight excluding hydrogens is 338 g/mol. The Labute approximate surface area is 159 Å². The van der Waals surface area contributed by atoms with Crippen molar-refractivity contribution in [2.75, 3.05) is 25.4 Å². The van der Waals surface area contributed by atoms with Gasteiger partial charge < -0.3 is 11.1 Å². The van der Waals surface area contributed by atoms with E-state index in [0.29, 0.717) is 17.8 Å². The standard InChI is InChI=1S/C21H25N5O/c1-21(8-10-25(15-21)13-16-5-3-2-4-6-16)14-23-20(27)18-12-24-26-9-7-17(22)11-19(18)26/h2-7,9,11-12H,8,10,13-15,22H2,1H3,(H,23,27). The minimum absolute atomic E-state index is 0.0758. The SMILES string of the molecule is CC1(CNC(=O)c2cnn3ccc(N)cc23)CCN(Cc2ccccc2)C1. The third-order valence-corrected chi connectivity index (χ3v) is 5.35. The van der Waals surface area contributed by atoms with Gasteiger partial charge >= 0.3 is 0 Å². The molecule has 3 aromatic rings. The van der Waals surface area contributed by atoms with Crippen LogP contribution in [0.3, 0.4) is 0 Å². The van der Waals surface area contributed by atoms with Crippen molar-refractivity contribution in [3.05, 3.63) is 66.0 Å². The summed E-state index contributed by atoms with van der Waals surface area (Å²) in [6.07, 6.45) is 4.44. The van der Waals surface area contributed by atoms with Gasteiger partial charge in [-0.05, 0) is 36.1 Å². The van der Waals surface area contributed by atoms with Crippen LogP contribution in [0.5, 0.6) is 0 Å². The molecule has 27 heavy (non-hydrogen) atoms. The fraction of sp³-hybridized carbons (Fsp3) is 0.333. The molecule has 0 radical (unpaired) electrons. The number of nitrogens with one attached hydrogen (secondary N) is 1. The summed E-state index contributed by atoms with van der Waals surface area (Å²) in [6, 6.07) is 14.1. The van der Waals surface area contributed by atoms with Crippen molar-refractivity contribution < 1.29 is 4.79 Å². The second kappa shape index (κ2) is 7.04. The van der Waals surface area contributed by atoms with Gasteiger partial charge in [-0.3, -0.25) is 9.69 Å². The van der Waals surface area contributed by atoms with E-state index in [2.05, 4.69) is 46.5 Å². The molecule has 1 aromatic carbocycles. The Morgan fingerprint density at radius 1 is 1.30 bits per heavy atom.